The SMILES string of the molecule is Cc1cnn(CC2CN(C(=O)C3CNC3)CCO2)c1.Cl. The van der Waals surface area contributed by atoms with Crippen molar-refractivity contribution in [2.75, 3.05) is 32.8 Å². The number of carbonyl (C=O) groups excluding carboxylic acids is 1. The third-order valence-electron chi connectivity index (χ3n) is 3.73. The Labute approximate surface area is 124 Å². The molecular weight excluding hydrogens is 280 g/mol. The molecule has 7 heteroatoms. The molecule has 2 saturated heterocycles. The number of carbonyl (C=O) groups is 1. The van der Waals surface area contributed by atoms with Gasteiger partial charge in [0.15, 0.2) is 0 Å². The molecule has 6 nitrogen and oxygen atoms in total. The fraction of sp³-hybridized carbons (Fsp3) is 0.692. The van der Waals surface area contributed by atoms with E-state index in [1.807, 2.05) is 28.9 Å². The molecule has 2 fully saturated rings. The summed E-state index contributed by atoms with van der Waals surface area (Å²) in [7, 11) is 0. The maximum Gasteiger partial charge on any atom is 0.228 e. The van der Waals surface area contributed by atoms with Gasteiger partial charge in [0, 0.05) is 32.4 Å². The number of hydrogen-bond acceptors (Lipinski definition) is 4. The van der Waals surface area contributed by atoms with Gasteiger partial charge < -0.3 is 15.0 Å². The summed E-state index contributed by atoms with van der Waals surface area (Å²) < 4.78 is 7.62. The molecule has 0 spiro atoms. The first-order chi connectivity index (χ1) is 9.22. The van der Waals surface area contributed by atoms with Crippen LogP contribution in [0.25, 0.3) is 0 Å². The molecule has 1 aromatic rings. The van der Waals surface area contributed by atoms with E-state index in [0.717, 1.165) is 18.7 Å². The Balaban J connectivity index is 0.00000147. The van der Waals surface area contributed by atoms with E-state index in [4.69, 9.17) is 4.74 Å². The lowest BCUT2D eigenvalue weighted by Gasteiger charge is -2.37. The van der Waals surface area contributed by atoms with Crippen molar-refractivity contribution in [3.8, 4) is 0 Å². The molecule has 2 aliphatic rings. The number of nitrogens with one attached hydrogen (secondary N) is 1. The molecule has 3 rings (SSSR count). The highest BCUT2D eigenvalue weighted by Gasteiger charge is 2.32. The van der Waals surface area contributed by atoms with Gasteiger partial charge >= 0.3 is 0 Å². The minimum atomic E-state index is 0. The summed E-state index contributed by atoms with van der Waals surface area (Å²) in [6.45, 7) is 6.37. The normalized spacial score (nSPS) is 23.1. The first kappa shape index (κ1) is 15.3. The van der Waals surface area contributed by atoms with E-state index in [1.165, 1.54) is 0 Å². The number of aromatic nitrogens is 2. The molecule has 1 unspecified atom stereocenters. The third-order valence-corrected chi connectivity index (χ3v) is 3.73. The maximum atomic E-state index is 12.2. The topological polar surface area (TPSA) is 59.4 Å². The molecule has 3 heterocycles. The van der Waals surface area contributed by atoms with Crippen LogP contribution in [0.3, 0.4) is 0 Å². The van der Waals surface area contributed by atoms with Crippen LogP contribution in [0.15, 0.2) is 12.4 Å². The molecule has 1 N–H and O–H groups in total. The van der Waals surface area contributed by atoms with Crippen LogP contribution in [-0.4, -0.2) is 59.5 Å². The van der Waals surface area contributed by atoms with Gasteiger partial charge in [-0.3, -0.25) is 9.48 Å². The number of amides is 1. The lowest BCUT2D eigenvalue weighted by atomic mass is 10.0. The first-order valence-electron chi connectivity index (χ1n) is 6.82. The highest BCUT2D eigenvalue weighted by molar-refractivity contribution is 5.85. The third kappa shape index (κ3) is 3.31. The van der Waals surface area contributed by atoms with Crippen molar-refractivity contribution in [2.45, 2.75) is 19.6 Å². The number of nitrogens with zero attached hydrogens (tertiary/aromatic N) is 3. The average molecular weight is 301 g/mol. The lowest BCUT2D eigenvalue weighted by molar-refractivity contribution is -0.145. The second-order valence-electron chi connectivity index (χ2n) is 5.37. The Morgan fingerprint density at radius 3 is 2.95 bits per heavy atom. The number of aryl methyl sites for hydroxylation is 1. The van der Waals surface area contributed by atoms with Gasteiger partial charge in [0.05, 0.1) is 31.4 Å². The molecule has 0 radical (unpaired) electrons. The Bertz CT molecular complexity index is 461. The van der Waals surface area contributed by atoms with Gasteiger partial charge in [-0.05, 0) is 12.5 Å². The van der Waals surface area contributed by atoms with Gasteiger partial charge in [0.25, 0.3) is 0 Å². The van der Waals surface area contributed by atoms with E-state index in [0.29, 0.717) is 26.2 Å². The van der Waals surface area contributed by atoms with E-state index >= 15 is 0 Å². The number of rotatable bonds is 3. The first-order valence-corrected chi connectivity index (χ1v) is 6.82. The highest BCUT2D eigenvalue weighted by atomic mass is 35.5. The quantitative estimate of drug-likeness (QED) is 0.858. The fourth-order valence-electron chi connectivity index (χ4n) is 2.53. The van der Waals surface area contributed by atoms with Gasteiger partial charge in [-0.2, -0.15) is 5.10 Å². The van der Waals surface area contributed by atoms with E-state index in [9.17, 15) is 4.79 Å². The molecule has 0 aliphatic carbocycles. The zero-order chi connectivity index (χ0) is 13.2. The van der Waals surface area contributed by atoms with Crippen molar-refractivity contribution in [2.24, 2.45) is 5.92 Å². The Morgan fingerprint density at radius 2 is 2.35 bits per heavy atom. The molecule has 112 valence electrons. The number of morpholine rings is 1. The van der Waals surface area contributed by atoms with Gasteiger partial charge in [0.2, 0.25) is 5.91 Å². The number of ether oxygens (including phenoxy) is 1. The highest BCUT2D eigenvalue weighted by Crippen LogP contribution is 2.13. The zero-order valence-electron chi connectivity index (χ0n) is 11.6. The van der Waals surface area contributed by atoms with Crippen LogP contribution in [-0.2, 0) is 16.1 Å². The van der Waals surface area contributed by atoms with Crippen molar-refractivity contribution in [1.29, 1.82) is 0 Å². The van der Waals surface area contributed by atoms with Crippen LogP contribution in [0.1, 0.15) is 5.56 Å². The maximum absolute atomic E-state index is 12.2. The molecule has 1 atom stereocenters. The minimum Gasteiger partial charge on any atom is -0.373 e. The van der Waals surface area contributed by atoms with E-state index < -0.39 is 0 Å². The summed E-state index contributed by atoms with van der Waals surface area (Å²) in [5.74, 6) is 0.439. The molecule has 0 aromatic carbocycles. The minimum absolute atomic E-state index is 0. The predicted molar refractivity (Wildman–Crippen MR) is 76.9 cm³/mol. The van der Waals surface area contributed by atoms with Gasteiger partial charge in [-0.25, -0.2) is 0 Å². The second-order valence-corrected chi connectivity index (χ2v) is 5.37. The van der Waals surface area contributed by atoms with Gasteiger partial charge in [-0.15, -0.1) is 12.4 Å². The molecule has 0 saturated carbocycles. The molecule has 1 amide bonds. The lowest BCUT2D eigenvalue weighted by Crippen LogP contribution is -2.56. The molecule has 0 bridgehead atoms. The molecule has 20 heavy (non-hydrogen) atoms. The molecule has 1 aromatic heterocycles. The Kier molecular flexibility index (Phi) is 5.01. The predicted octanol–water partition coefficient (Wildman–Crippen LogP) is 0.0601. The van der Waals surface area contributed by atoms with E-state index in [2.05, 4.69) is 10.4 Å². The van der Waals surface area contributed by atoms with Crippen molar-refractivity contribution in [1.82, 2.24) is 20.0 Å². The van der Waals surface area contributed by atoms with E-state index in [-0.39, 0.29) is 30.3 Å². The largest absolute Gasteiger partial charge is 0.373 e. The molecule has 2 aliphatic heterocycles. The summed E-state index contributed by atoms with van der Waals surface area (Å²) in [4.78, 5) is 14.1. The van der Waals surface area contributed by atoms with Crippen LogP contribution < -0.4 is 5.32 Å². The Hall–Kier alpha value is -1.11. The van der Waals surface area contributed by atoms with Crippen LogP contribution in [0.2, 0.25) is 0 Å². The van der Waals surface area contributed by atoms with Crippen LogP contribution in [0, 0.1) is 12.8 Å². The summed E-state index contributed by atoms with van der Waals surface area (Å²) in [6, 6.07) is 0. The summed E-state index contributed by atoms with van der Waals surface area (Å²) in [5, 5.41) is 7.41. The van der Waals surface area contributed by atoms with Crippen LogP contribution in [0.5, 0.6) is 0 Å². The monoisotopic (exact) mass is 300 g/mol. The molecular formula is C13H21ClN4O2. The van der Waals surface area contributed by atoms with Crippen LogP contribution >= 0.6 is 12.4 Å². The number of halogens is 1. The summed E-state index contributed by atoms with van der Waals surface area (Å²) >= 11 is 0. The standard InChI is InChI=1S/C13H20N4O2.ClH/c1-10-4-15-17(7-10)9-12-8-16(2-3-19-12)13(18)11-5-14-6-11;/h4,7,11-12,14H,2-3,5-6,8-9H2,1H3;1H. The smallest absolute Gasteiger partial charge is 0.228 e. The number of hydrogen-bond donors (Lipinski definition) is 1. The zero-order valence-corrected chi connectivity index (χ0v) is 12.4. The van der Waals surface area contributed by atoms with Gasteiger partial charge in [0.1, 0.15) is 0 Å². The van der Waals surface area contributed by atoms with Crippen LogP contribution in [0.4, 0.5) is 0 Å². The van der Waals surface area contributed by atoms with Crippen molar-refractivity contribution < 1.29 is 9.53 Å². The fourth-order valence-corrected chi connectivity index (χ4v) is 2.53. The Morgan fingerprint density at radius 1 is 1.55 bits per heavy atom. The van der Waals surface area contributed by atoms with Crippen molar-refractivity contribution >= 4 is 18.3 Å². The van der Waals surface area contributed by atoms with Crippen molar-refractivity contribution in [3.05, 3.63) is 18.0 Å². The summed E-state index contributed by atoms with van der Waals surface area (Å²) in [6.07, 6.45) is 3.89. The van der Waals surface area contributed by atoms with Crippen molar-refractivity contribution in [3.63, 3.8) is 0 Å². The second kappa shape index (κ2) is 6.56. The van der Waals surface area contributed by atoms with Gasteiger partial charge in [-0.1, -0.05) is 0 Å². The average Bonchev–Trinajstić information content (AvgIpc) is 2.73. The summed E-state index contributed by atoms with van der Waals surface area (Å²) in [5.41, 5.74) is 1.14. The van der Waals surface area contributed by atoms with E-state index in [1.54, 1.807) is 0 Å².